The Morgan fingerprint density at radius 2 is 2.00 bits per heavy atom. The van der Waals surface area contributed by atoms with Crippen molar-refractivity contribution >= 4 is 75.9 Å². The van der Waals surface area contributed by atoms with Gasteiger partial charge in [0.2, 0.25) is 0 Å². The van der Waals surface area contributed by atoms with Crippen molar-refractivity contribution in [2.24, 2.45) is 0 Å². The summed E-state index contributed by atoms with van der Waals surface area (Å²) in [4.78, 5) is 0. The van der Waals surface area contributed by atoms with Crippen LogP contribution in [0.4, 0.5) is 0 Å². The smallest absolute Gasteiger partial charge is 0.0808 e. The summed E-state index contributed by atoms with van der Waals surface area (Å²) in [5.74, 6) is 0. The topological polar surface area (TPSA) is 0 Å². The summed E-state index contributed by atoms with van der Waals surface area (Å²) in [5, 5.41) is 1.30. The summed E-state index contributed by atoms with van der Waals surface area (Å²) < 4.78 is 4.98. The van der Waals surface area contributed by atoms with Crippen molar-refractivity contribution in [3.8, 4) is 0 Å². The molecule has 0 amide bonds. The Kier molecular flexibility index (Phi) is 2.79. The maximum Gasteiger partial charge on any atom is 0.0808 e. The molecular formula is C8H3Br2IS. The molecule has 1 heterocycles. The molecule has 0 saturated carbocycles. The minimum absolute atomic E-state index is 1.14. The molecule has 0 nitrogen and oxygen atoms in total. The van der Waals surface area contributed by atoms with Crippen LogP contribution in [0.3, 0.4) is 0 Å². The van der Waals surface area contributed by atoms with Crippen molar-refractivity contribution in [1.82, 2.24) is 0 Å². The molecule has 0 saturated heterocycles. The van der Waals surface area contributed by atoms with E-state index >= 15 is 0 Å². The summed E-state index contributed by atoms with van der Waals surface area (Å²) in [7, 11) is 0. The first-order valence-corrected chi connectivity index (χ1v) is 6.69. The van der Waals surface area contributed by atoms with E-state index in [4.69, 9.17) is 0 Å². The quantitative estimate of drug-likeness (QED) is 0.527. The van der Waals surface area contributed by atoms with Crippen LogP contribution in [0, 0.1) is 2.88 Å². The second-order valence-corrected chi connectivity index (χ2v) is 6.90. The second kappa shape index (κ2) is 3.55. The normalized spacial score (nSPS) is 10.9. The first-order valence-electron chi connectivity index (χ1n) is 3.21. The third-order valence-electron chi connectivity index (χ3n) is 1.55. The fourth-order valence-electron chi connectivity index (χ4n) is 1.01. The Labute approximate surface area is 105 Å². The van der Waals surface area contributed by atoms with E-state index in [-0.39, 0.29) is 0 Å². The van der Waals surface area contributed by atoms with Crippen LogP contribution < -0.4 is 0 Å². The van der Waals surface area contributed by atoms with Gasteiger partial charge in [0.05, 0.1) is 2.88 Å². The van der Waals surface area contributed by atoms with Gasteiger partial charge in [0, 0.05) is 19.0 Å². The number of halogens is 3. The molecule has 0 aliphatic rings. The first kappa shape index (κ1) is 9.43. The van der Waals surface area contributed by atoms with Gasteiger partial charge in [-0.1, -0.05) is 22.0 Å². The third-order valence-corrected chi connectivity index (χ3v) is 6.01. The lowest BCUT2D eigenvalue weighted by molar-refractivity contribution is 1.75. The lowest BCUT2D eigenvalue weighted by atomic mass is 10.3. The SMILES string of the molecule is Brc1ccc2c(Br)c(I)sc2c1. The van der Waals surface area contributed by atoms with E-state index in [1.165, 1.54) is 17.4 Å². The largest absolute Gasteiger partial charge is 0.128 e. The van der Waals surface area contributed by atoms with Gasteiger partial charge >= 0.3 is 0 Å². The van der Waals surface area contributed by atoms with E-state index < -0.39 is 0 Å². The maximum absolute atomic E-state index is 3.56. The van der Waals surface area contributed by atoms with Crippen LogP contribution in [0.25, 0.3) is 10.1 Å². The van der Waals surface area contributed by atoms with Crippen LogP contribution in [-0.4, -0.2) is 0 Å². The number of hydrogen-bond acceptors (Lipinski definition) is 1. The monoisotopic (exact) mass is 416 g/mol. The van der Waals surface area contributed by atoms with Crippen LogP contribution in [0.5, 0.6) is 0 Å². The van der Waals surface area contributed by atoms with E-state index in [0.29, 0.717) is 0 Å². The van der Waals surface area contributed by atoms with E-state index in [9.17, 15) is 0 Å². The molecule has 1 aromatic heterocycles. The highest BCUT2D eigenvalue weighted by molar-refractivity contribution is 14.1. The van der Waals surface area contributed by atoms with E-state index in [2.05, 4.69) is 72.6 Å². The summed E-state index contributed by atoms with van der Waals surface area (Å²) in [6.45, 7) is 0. The summed E-state index contributed by atoms with van der Waals surface area (Å²) in [6, 6.07) is 6.34. The van der Waals surface area contributed by atoms with E-state index in [0.717, 1.165) is 4.47 Å². The van der Waals surface area contributed by atoms with Crippen LogP contribution in [0.15, 0.2) is 27.1 Å². The Morgan fingerprint density at radius 1 is 1.25 bits per heavy atom. The standard InChI is InChI=1S/C8H3Br2IS/c9-4-1-2-5-6(3-4)12-8(11)7(5)10/h1-3H. The van der Waals surface area contributed by atoms with Crippen LogP contribution in [0.1, 0.15) is 0 Å². The fourth-order valence-corrected chi connectivity index (χ4v) is 4.10. The van der Waals surface area contributed by atoms with Gasteiger partial charge in [0.15, 0.2) is 0 Å². The van der Waals surface area contributed by atoms with Crippen molar-refractivity contribution in [3.05, 3.63) is 30.0 Å². The van der Waals surface area contributed by atoms with E-state index in [1.807, 2.05) is 0 Å². The highest BCUT2D eigenvalue weighted by Gasteiger charge is 2.06. The second-order valence-electron chi connectivity index (χ2n) is 2.33. The zero-order chi connectivity index (χ0) is 8.72. The van der Waals surface area contributed by atoms with Gasteiger partial charge in [-0.25, -0.2) is 0 Å². The third kappa shape index (κ3) is 1.58. The molecule has 0 bridgehead atoms. The summed E-state index contributed by atoms with van der Waals surface area (Å²) in [6.07, 6.45) is 0. The Balaban J connectivity index is 2.87. The number of rotatable bonds is 0. The Hall–Kier alpha value is 0.870. The van der Waals surface area contributed by atoms with Gasteiger partial charge in [0.25, 0.3) is 0 Å². The van der Waals surface area contributed by atoms with Crippen molar-refractivity contribution < 1.29 is 0 Å². The summed E-state index contributed by atoms with van der Waals surface area (Å²) >= 11 is 11.2. The van der Waals surface area contributed by atoms with Gasteiger partial charge in [-0.3, -0.25) is 0 Å². The molecule has 12 heavy (non-hydrogen) atoms. The fraction of sp³-hybridized carbons (Fsp3) is 0. The molecule has 0 aliphatic heterocycles. The van der Waals surface area contributed by atoms with Gasteiger partial charge in [-0.2, -0.15) is 0 Å². The van der Waals surface area contributed by atoms with Crippen LogP contribution in [0.2, 0.25) is 0 Å². The zero-order valence-corrected chi connectivity index (χ0v) is 11.9. The molecule has 2 rings (SSSR count). The van der Waals surface area contributed by atoms with Crippen LogP contribution >= 0.6 is 65.8 Å². The molecule has 0 unspecified atom stereocenters. The van der Waals surface area contributed by atoms with E-state index in [1.54, 1.807) is 11.3 Å². The van der Waals surface area contributed by atoms with Crippen molar-refractivity contribution in [2.75, 3.05) is 0 Å². The minimum atomic E-state index is 1.14. The Morgan fingerprint density at radius 3 is 2.75 bits per heavy atom. The minimum Gasteiger partial charge on any atom is -0.128 e. The molecule has 0 spiro atoms. The number of fused-ring (bicyclic) bond motifs is 1. The van der Waals surface area contributed by atoms with Crippen molar-refractivity contribution in [2.45, 2.75) is 0 Å². The first-order chi connectivity index (χ1) is 5.68. The number of hydrogen-bond donors (Lipinski definition) is 0. The predicted molar refractivity (Wildman–Crippen MR) is 69.9 cm³/mol. The van der Waals surface area contributed by atoms with Crippen molar-refractivity contribution in [1.29, 1.82) is 0 Å². The average Bonchev–Trinajstić information content (AvgIpc) is 2.28. The highest BCUT2D eigenvalue weighted by atomic mass is 127. The maximum atomic E-state index is 3.56. The molecule has 0 N–H and O–H groups in total. The molecular weight excluding hydrogens is 415 g/mol. The molecule has 0 fully saturated rings. The van der Waals surface area contributed by atoms with Gasteiger partial charge in [0.1, 0.15) is 0 Å². The van der Waals surface area contributed by atoms with Gasteiger partial charge < -0.3 is 0 Å². The molecule has 1 aromatic carbocycles. The average molecular weight is 418 g/mol. The molecule has 2 aromatic rings. The van der Waals surface area contributed by atoms with Crippen molar-refractivity contribution in [3.63, 3.8) is 0 Å². The number of thiophene rings is 1. The number of benzene rings is 1. The predicted octanol–water partition coefficient (Wildman–Crippen LogP) is 5.03. The molecule has 4 heteroatoms. The molecule has 0 atom stereocenters. The lowest BCUT2D eigenvalue weighted by Crippen LogP contribution is -1.64. The molecule has 0 aliphatic carbocycles. The highest BCUT2D eigenvalue weighted by Crippen LogP contribution is 2.37. The lowest BCUT2D eigenvalue weighted by Gasteiger charge is -1.90. The van der Waals surface area contributed by atoms with Gasteiger partial charge in [-0.15, -0.1) is 11.3 Å². The Bertz CT molecular complexity index is 436. The molecule has 0 radical (unpaired) electrons. The summed E-state index contributed by atoms with van der Waals surface area (Å²) in [5.41, 5.74) is 0. The van der Waals surface area contributed by atoms with Crippen LogP contribution in [-0.2, 0) is 0 Å². The zero-order valence-electron chi connectivity index (χ0n) is 5.77. The van der Waals surface area contributed by atoms with Gasteiger partial charge in [-0.05, 0) is 50.7 Å². The molecule has 62 valence electrons.